The highest BCUT2D eigenvalue weighted by Crippen LogP contribution is 2.48. The van der Waals surface area contributed by atoms with Crippen LogP contribution in [0.4, 0.5) is 0 Å². The molecule has 1 aromatic heterocycles. The van der Waals surface area contributed by atoms with Gasteiger partial charge < -0.3 is 5.32 Å². The van der Waals surface area contributed by atoms with Crippen LogP contribution < -0.4 is 5.32 Å². The molecule has 0 radical (unpaired) electrons. The molecule has 1 saturated carbocycles. The summed E-state index contributed by atoms with van der Waals surface area (Å²) in [6, 6.07) is 9.52. The van der Waals surface area contributed by atoms with Gasteiger partial charge in [-0.1, -0.05) is 29.3 Å². The van der Waals surface area contributed by atoms with E-state index in [2.05, 4.69) is 10.3 Å². The highest BCUT2D eigenvalue weighted by molar-refractivity contribution is 6.42. The Morgan fingerprint density at radius 3 is 2.68 bits per heavy atom. The number of hydrogen-bond donors (Lipinski definition) is 1. The summed E-state index contributed by atoms with van der Waals surface area (Å²) in [7, 11) is 0. The van der Waals surface area contributed by atoms with Gasteiger partial charge in [0.15, 0.2) is 0 Å². The minimum absolute atomic E-state index is 0.0506. The molecule has 0 spiro atoms. The Labute approximate surface area is 139 Å². The van der Waals surface area contributed by atoms with E-state index in [0.29, 0.717) is 16.6 Å². The summed E-state index contributed by atoms with van der Waals surface area (Å²) in [5.74, 6) is 0.426. The molecule has 1 aliphatic carbocycles. The van der Waals surface area contributed by atoms with Crippen molar-refractivity contribution < 1.29 is 4.79 Å². The molecule has 0 unspecified atom stereocenters. The van der Waals surface area contributed by atoms with E-state index in [4.69, 9.17) is 23.2 Å². The number of benzene rings is 1. The lowest BCUT2D eigenvalue weighted by molar-refractivity contribution is -0.122. The van der Waals surface area contributed by atoms with Crippen LogP contribution in [-0.4, -0.2) is 17.4 Å². The Morgan fingerprint density at radius 2 is 1.95 bits per heavy atom. The molecule has 2 aromatic rings. The third kappa shape index (κ3) is 3.60. The molecule has 5 heteroatoms. The summed E-state index contributed by atoms with van der Waals surface area (Å²) in [5, 5.41) is 4.09. The van der Waals surface area contributed by atoms with Gasteiger partial charge in [-0.15, -0.1) is 0 Å². The Balaban J connectivity index is 1.49. The van der Waals surface area contributed by atoms with Gasteiger partial charge in [-0.2, -0.15) is 0 Å². The van der Waals surface area contributed by atoms with Crippen molar-refractivity contribution >= 4 is 29.1 Å². The second kappa shape index (κ2) is 6.67. The zero-order valence-electron chi connectivity index (χ0n) is 11.9. The average molecular weight is 335 g/mol. The average Bonchev–Trinajstić information content (AvgIpc) is 3.32. The summed E-state index contributed by atoms with van der Waals surface area (Å²) in [4.78, 5) is 16.1. The number of pyridine rings is 1. The van der Waals surface area contributed by atoms with Gasteiger partial charge in [-0.25, -0.2) is 0 Å². The van der Waals surface area contributed by atoms with E-state index in [0.717, 1.165) is 18.4 Å². The van der Waals surface area contributed by atoms with E-state index in [1.807, 2.05) is 24.3 Å². The third-order valence-electron chi connectivity index (χ3n) is 3.96. The number of nitrogens with zero attached hydrogens (tertiary/aromatic N) is 1. The zero-order valence-corrected chi connectivity index (χ0v) is 13.4. The summed E-state index contributed by atoms with van der Waals surface area (Å²) < 4.78 is 0. The van der Waals surface area contributed by atoms with Crippen LogP contribution in [0.25, 0.3) is 0 Å². The Morgan fingerprint density at radius 1 is 1.18 bits per heavy atom. The fourth-order valence-corrected chi connectivity index (χ4v) is 2.91. The maximum Gasteiger partial charge on any atom is 0.223 e. The number of hydrogen-bond acceptors (Lipinski definition) is 2. The molecule has 3 rings (SSSR count). The number of carbonyl (C=O) groups excluding carboxylic acids is 1. The number of amides is 1. The van der Waals surface area contributed by atoms with Gasteiger partial charge in [0.1, 0.15) is 0 Å². The van der Waals surface area contributed by atoms with E-state index < -0.39 is 0 Å². The Hall–Kier alpha value is -1.58. The molecule has 0 aliphatic heterocycles. The molecule has 1 heterocycles. The van der Waals surface area contributed by atoms with Crippen LogP contribution in [0.1, 0.15) is 23.5 Å². The number of aromatic nitrogens is 1. The normalized spacial score (nSPS) is 19.7. The maximum absolute atomic E-state index is 12.1. The first kappa shape index (κ1) is 15.3. The van der Waals surface area contributed by atoms with Gasteiger partial charge in [0.05, 0.1) is 10.0 Å². The highest BCUT2D eigenvalue weighted by Gasteiger charge is 2.43. The van der Waals surface area contributed by atoms with Crippen molar-refractivity contribution in [3.8, 4) is 0 Å². The molecule has 1 aromatic carbocycles. The van der Waals surface area contributed by atoms with Gasteiger partial charge in [0.2, 0.25) is 5.91 Å². The van der Waals surface area contributed by atoms with Crippen molar-refractivity contribution in [1.29, 1.82) is 0 Å². The van der Waals surface area contributed by atoms with Crippen LogP contribution in [0.15, 0.2) is 42.7 Å². The number of carbonyl (C=O) groups is 1. The lowest BCUT2D eigenvalue weighted by Crippen LogP contribution is -2.27. The third-order valence-corrected chi connectivity index (χ3v) is 4.70. The van der Waals surface area contributed by atoms with Crippen LogP contribution in [0.5, 0.6) is 0 Å². The van der Waals surface area contributed by atoms with Gasteiger partial charge in [0.25, 0.3) is 0 Å². The number of nitrogens with one attached hydrogen (secondary N) is 1. The minimum atomic E-state index is 0.0506. The predicted molar refractivity (Wildman–Crippen MR) is 88.3 cm³/mol. The van der Waals surface area contributed by atoms with Crippen molar-refractivity contribution in [2.24, 2.45) is 5.92 Å². The summed E-state index contributed by atoms with van der Waals surface area (Å²) in [6.07, 6.45) is 5.22. The lowest BCUT2D eigenvalue weighted by Gasteiger charge is -2.06. The topological polar surface area (TPSA) is 42.0 Å². The van der Waals surface area contributed by atoms with Crippen molar-refractivity contribution in [3.05, 3.63) is 63.9 Å². The van der Waals surface area contributed by atoms with Crippen LogP contribution in [0, 0.1) is 5.92 Å². The first-order valence-electron chi connectivity index (χ1n) is 7.26. The van der Waals surface area contributed by atoms with Crippen LogP contribution in [0.2, 0.25) is 10.0 Å². The van der Waals surface area contributed by atoms with E-state index in [-0.39, 0.29) is 17.7 Å². The molecule has 1 fully saturated rings. The monoisotopic (exact) mass is 334 g/mol. The molecule has 1 N–H and O–H groups in total. The van der Waals surface area contributed by atoms with Gasteiger partial charge in [0, 0.05) is 24.9 Å². The first-order valence-corrected chi connectivity index (χ1v) is 8.02. The standard InChI is InChI=1S/C17H16Cl2N2O/c18-15-2-1-12(9-16(15)19)13-10-14(13)17(22)21-8-5-11-3-6-20-7-4-11/h1-4,6-7,9,13-14H,5,8,10H2,(H,21,22)/t13-,14+/m1/s1. The van der Waals surface area contributed by atoms with Crippen molar-refractivity contribution in [1.82, 2.24) is 10.3 Å². The van der Waals surface area contributed by atoms with Gasteiger partial charge >= 0.3 is 0 Å². The molecule has 3 nitrogen and oxygen atoms in total. The van der Waals surface area contributed by atoms with E-state index in [1.165, 1.54) is 5.56 Å². The minimum Gasteiger partial charge on any atom is -0.356 e. The van der Waals surface area contributed by atoms with Crippen molar-refractivity contribution in [3.63, 3.8) is 0 Å². The maximum atomic E-state index is 12.1. The number of rotatable bonds is 5. The molecule has 0 bridgehead atoms. The highest BCUT2D eigenvalue weighted by atomic mass is 35.5. The fourth-order valence-electron chi connectivity index (χ4n) is 2.61. The van der Waals surface area contributed by atoms with Crippen molar-refractivity contribution in [2.45, 2.75) is 18.8 Å². The second-order valence-electron chi connectivity index (χ2n) is 5.52. The Kier molecular flexibility index (Phi) is 4.65. The van der Waals surface area contributed by atoms with Crippen LogP contribution in [0.3, 0.4) is 0 Å². The summed E-state index contributed by atoms with van der Waals surface area (Å²) in [5.41, 5.74) is 2.26. The first-order chi connectivity index (χ1) is 10.6. The molecule has 114 valence electrons. The SMILES string of the molecule is O=C(NCCc1ccncc1)[C@H]1C[C@@H]1c1ccc(Cl)c(Cl)c1. The van der Waals surface area contributed by atoms with Gasteiger partial charge in [-0.05, 0) is 54.2 Å². The molecule has 1 aliphatic rings. The molecule has 2 atom stereocenters. The molecular weight excluding hydrogens is 319 g/mol. The quantitative estimate of drug-likeness (QED) is 0.902. The molecular formula is C17H16Cl2N2O. The molecule has 22 heavy (non-hydrogen) atoms. The smallest absolute Gasteiger partial charge is 0.223 e. The zero-order chi connectivity index (χ0) is 15.5. The van der Waals surface area contributed by atoms with Crippen molar-refractivity contribution in [2.75, 3.05) is 6.54 Å². The second-order valence-corrected chi connectivity index (χ2v) is 6.33. The van der Waals surface area contributed by atoms with Gasteiger partial charge in [-0.3, -0.25) is 9.78 Å². The fraction of sp³-hybridized carbons (Fsp3) is 0.294. The largest absolute Gasteiger partial charge is 0.356 e. The van der Waals surface area contributed by atoms with E-state index in [9.17, 15) is 4.79 Å². The summed E-state index contributed by atoms with van der Waals surface area (Å²) in [6.45, 7) is 0.646. The molecule has 1 amide bonds. The van der Waals surface area contributed by atoms with E-state index in [1.54, 1.807) is 18.5 Å². The predicted octanol–water partition coefficient (Wildman–Crippen LogP) is 3.85. The van der Waals surface area contributed by atoms with Crippen LogP contribution in [-0.2, 0) is 11.2 Å². The summed E-state index contributed by atoms with van der Waals surface area (Å²) >= 11 is 11.9. The Bertz CT molecular complexity index is 676. The van der Waals surface area contributed by atoms with E-state index >= 15 is 0 Å². The molecule has 0 saturated heterocycles. The number of halogens is 2. The van der Waals surface area contributed by atoms with Crippen LogP contribution >= 0.6 is 23.2 Å². The lowest BCUT2D eigenvalue weighted by atomic mass is 10.1.